The second-order valence-corrected chi connectivity index (χ2v) is 12.1. The summed E-state index contributed by atoms with van der Waals surface area (Å²) in [5, 5.41) is 9.16. The molecule has 0 fully saturated rings. The van der Waals surface area contributed by atoms with Gasteiger partial charge in [0, 0.05) is 39.9 Å². The first-order valence-corrected chi connectivity index (χ1v) is 13.9. The van der Waals surface area contributed by atoms with Crippen LogP contribution < -0.4 is 16.0 Å². The maximum Gasteiger partial charge on any atom is 0.412 e. The number of aromatic nitrogens is 1. The second kappa shape index (κ2) is 12.5. The van der Waals surface area contributed by atoms with Crippen molar-refractivity contribution in [3.63, 3.8) is 0 Å². The third-order valence-corrected chi connectivity index (χ3v) is 6.66. The Morgan fingerprint density at radius 3 is 2.12 bits per heavy atom. The first-order valence-electron chi connectivity index (χ1n) is 13.9. The van der Waals surface area contributed by atoms with E-state index in [0.29, 0.717) is 39.2 Å². The lowest BCUT2D eigenvalue weighted by Gasteiger charge is -2.19. The molecule has 3 aromatic carbocycles. The van der Waals surface area contributed by atoms with Crippen LogP contribution in [0.15, 0.2) is 85.5 Å². The zero-order valence-corrected chi connectivity index (χ0v) is 25.1. The van der Waals surface area contributed by atoms with Crippen LogP contribution in [0.4, 0.5) is 26.2 Å². The number of fused-ring (bicyclic) bond motifs is 1. The van der Waals surface area contributed by atoms with Gasteiger partial charge in [0.25, 0.3) is 5.91 Å². The lowest BCUT2D eigenvalue weighted by atomic mass is 9.89. The molecule has 0 unspecified atom stereocenters. The number of amides is 3. The van der Waals surface area contributed by atoms with E-state index < -0.39 is 17.6 Å². The van der Waals surface area contributed by atoms with Crippen LogP contribution in [-0.2, 0) is 16.1 Å². The van der Waals surface area contributed by atoms with E-state index in [2.05, 4.69) is 22.5 Å². The number of carbonyl (C=O) groups excluding carboxylic acids is 3. The molecule has 0 saturated heterocycles. The van der Waals surface area contributed by atoms with Crippen LogP contribution >= 0.6 is 0 Å². The molecule has 9 heteroatoms. The highest BCUT2D eigenvalue weighted by Gasteiger charge is 2.21. The van der Waals surface area contributed by atoms with Crippen LogP contribution in [0, 0.1) is 11.2 Å². The zero-order valence-electron chi connectivity index (χ0n) is 25.1. The molecule has 0 atom stereocenters. The largest absolute Gasteiger partial charge is 0.444 e. The SMILES string of the molecule is C=CC(C)(C)CC(=O)Nc1ccc2c(c1)cc(C(=O)Nc1ccc(NC(=O)OC(C)(C)C)cc1)n2Cc1ccccc1F. The summed E-state index contributed by atoms with van der Waals surface area (Å²) in [6, 6.07) is 20.1. The Hall–Kier alpha value is -4.92. The molecule has 0 aliphatic carbocycles. The molecule has 3 N–H and O–H groups in total. The maximum absolute atomic E-state index is 14.6. The summed E-state index contributed by atoms with van der Waals surface area (Å²) in [5.74, 6) is -0.936. The molecule has 224 valence electrons. The van der Waals surface area contributed by atoms with E-state index in [1.807, 2.05) is 13.8 Å². The normalized spacial score (nSPS) is 11.6. The predicted molar refractivity (Wildman–Crippen MR) is 169 cm³/mol. The summed E-state index contributed by atoms with van der Waals surface area (Å²) in [5.41, 5.74) is 2.05. The molecule has 4 aromatic rings. The van der Waals surface area contributed by atoms with Gasteiger partial charge in [0.15, 0.2) is 0 Å². The molecule has 0 aliphatic heterocycles. The molecule has 0 radical (unpaired) electrons. The second-order valence-electron chi connectivity index (χ2n) is 12.1. The Kier molecular flexibility index (Phi) is 9.04. The Morgan fingerprint density at radius 2 is 1.49 bits per heavy atom. The summed E-state index contributed by atoms with van der Waals surface area (Å²) < 4.78 is 21.7. The van der Waals surface area contributed by atoms with Crippen molar-refractivity contribution >= 4 is 45.9 Å². The standard InChI is InChI=1S/C34H37FN4O4/c1-7-34(5,6)20-30(40)36-26-16-17-28-23(18-26)19-29(39(28)21-22-10-8-9-11-27(22)35)31(41)37-24-12-14-25(15-13-24)38-32(42)43-33(2,3)4/h7-19H,1,20-21H2,2-6H3,(H,36,40)(H,37,41)(H,38,42). The van der Waals surface area contributed by atoms with E-state index >= 15 is 0 Å². The van der Waals surface area contributed by atoms with Gasteiger partial charge in [0.1, 0.15) is 17.1 Å². The Morgan fingerprint density at radius 1 is 0.860 bits per heavy atom. The lowest BCUT2D eigenvalue weighted by Crippen LogP contribution is -2.27. The Bertz CT molecular complexity index is 1670. The number of ether oxygens (including phenoxy) is 1. The third kappa shape index (κ3) is 8.31. The van der Waals surface area contributed by atoms with E-state index in [1.54, 1.807) is 98.1 Å². The molecule has 1 aromatic heterocycles. The van der Waals surface area contributed by atoms with Gasteiger partial charge in [-0.3, -0.25) is 14.9 Å². The number of nitrogens with one attached hydrogen (secondary N) is 3. The van der Waals surface area contributed by atoms with Crippen molar-refractivity contribution in [1.82, 2.24) is 4.57 Å². The molecule has 0 spiro atoms. The van der Waals surface area contributed by atoms with Gasteiger partial charge in [0.05, 0.1) is 6.54 Å². The monoisotopic (exact) mass is 584 g/mol. The van der Waals surface area contributed by atoms with Crippen LogP contribution in [0.2, 0.25) is 0 Å². The van der Waals surface area contributed by atoms with Crippen LogP contribution in [0.25, 0.3) is 10.9 Å². The van der Waals surface area contributed by atoms with E-state index in [9.17, 15) is 18.8 Å². The minimum absolute atomic E-state index is 0.122. The third-order valence-electron chi connectivity index (χ3n) is 6.66. The summed E-state index contributed by atoms with van der Waals surface area (Å²) in [6.45, 7) is 13.1. The fourth-order valence-electron chi connectivity index (χ4n) is 4.45. The molecular weight excluding hydrogens is 547 g/mol. The fourth-order valence-corrected chi connectivity index (χ4v) is 4.45. The lowest BCUT2D eigenvalue weighted by molar-refractivity contribution is -0.117. The highest BCUT2D eigenvalue weighted by molar-refractivity contribution is 6.07. The van der Waals surface area contributed by atoms with Gasteiger partial charge in [-0.15, -0.1) is 6.58 Å². The average Bonchev–Trinajstić information content (AvgIpc) is 3.27. The summed E-state index contributed by atoms with van der Waals surface area (Å²) in [6.07, 6.45) is 1.43. The molecule has 0 bridgehead atoms. The summed E-state index contributed by atoms with van der Waals surface area (Å²) in [7, 11) is 0. The number of nitrogens with zero attached hydrogens (tertiary/aromatic N) is 1. The Balaban J connectivity index is 1.60. The van der Waals surface area contributed by atoms with Gasteiger partial charge in [-0.1, -0.05) is 38.1 Å². The minimum Gasteiger partial charge on any atom is -0.444 e. The van der Waals surface area contributed by atoms with Crippen molar-refractivity contribution in [1.29, 1.82) is 0 Å². The van der Waals surface area contributed by atoms with Crippen LogP contribution in [0.1, 0.15) is 57.1 Å². The number of allylic oxidation sites excluding steroid dienone is 1. The van der Waals surface area contributed by atoms with Gasteiger partial charge < -0.3 is 19.9 Å². The first kappa shape index (κ1) is 31.0. The molecule has 8 nitrogen and oxygen atoms in total. The molecule has 1 heterocycles. The van der Waals surface area contributed by atoms with Gasteiger partial charge in [0.2, 0.25) is 5.91 Å². The van der Waals surface area contributed by atoms with Gasteiger partial charge in [-0.05, 0) is 80.8 Å². The van der Waals surface area contributed by atoms with E-state index in [0.717, 1.165) is 0 Å². The first-order chi connectivity index (χ1) is 20.2. The summed E-state index contributed by atoms with van der Waals surface area (Å²) >= 11 is 0. The number of halogens is 1. The number of hydrogen-bond donors (Lipinski definition) is 3. The predicted octanol–water partition coefficient (Wildman–Crippen LogP) is 7.97. The number of anilines is 3. The number of rotatable bonds is 9. The molecule has 4 rings (SSSR count). The van der Waals surface area contributed by atoms with Gasteiger partial charge in [-0.25, -0.2) is 9.18 Å². The number of hydrogen-bond acceptors (Lipinski definition) is 4. The topological polar surface area (TPSA) is 101 Å². The van der Waals surface area contributed by atoms with Gasteiger partial charge in [-0.2, -0.15) is 0 Å². The summed E-state index contributed by atoms with van der Waals surface area (Å²) in [4.78, 5) is 38.3. The smallest absolute Gasteiger partial charge is 0.412 e. The van der Waals surface area contributed by atoms with E-state index in [-0.39, 0.29) is 30.1 Å². The van der Waals surface area contributed by atoms with Crippen LogP contribution in [0.3, 0.4) is 0 Å². The fraction of sp³-hybridized carbons (Fsp3) is 0.265. The minimum atomic E-state index is -0.631. The van der Waals surface area contributed by atoms with Crippen molar-refractivity contribution < 1.29 is 23.5 Å². The number of carbonyl (C=O) groups is 3. The van der Waals surface area contributed by atoms with E-state index in [4.69, 9.17) is 4.74 Å². The molecule has 43 heavy (non-hydrogen) atoms. The highest BCUT2D eigenvalue weighted by atomic mass is 19.1. The van der Waals surface area contributed by atoms with Crippen molar-refractivity contribution in [3.8, 4) is 0 Å². The van der Waals surface area contributed by atoms with Crippen molar-refractivity contribution in [3.05, 3.63) is 103 Å². The van der Waals surface area contributed by atoms with Crippen molar-refractivity contribution in [2.45, 2.75) is 53.2 Å². The molecule has 0 saturated carbocycles. The quantitative estimate of drug-likeness (QED) is 0.174. The molecular formula is C34H37FN4O4. The van der Waals surface area contributed by atoms with E-state index in [1.165, 1.54) is 6.07 Å². The average molecular weight is 585 g/mol. The maximum atomic E-state index is 14.6. The Labute approximate surface area is 250 Å². The van der Waals surface area contributed by atoms with Crippen LogP contribution in [-0.4, -0.2) is 28.1 Å². The van der Waals surface area contributed by atoms with Crippen molar-refractivity contribution in [2.24, 2.45) is 5.41 Å². The van der Waals surface area contributed by atoms with Gasteiger partial charge >= 0.3 is 6.09 Å². The van der Waals surface area contributed by atoms with Crippen molar-refractivity contribution in [2.75, 3.05) is 16.0 Å². The highest BCUT2D eigenvalue weighted by Crippen LogP contribution is 2.28. The molecule has 3 amide bonds. The molecule has 0 aliphatic rings. The zero-order chi connectivity index (χ0) is 31.4. The number of benzene rings is 3. The van der Waals surface area contributed by atoms with Crippen LogP contribution in [0.5, 0.6) is 0 Å².